The van der Waals surface area contributed by atoms with E-state index in [1.165, 1.54) is 6.42 Å². The van der Waals surface area contributed by atoms with Gasteiger partial charge in [-0.25, -0.2) is 0 Å². The maximum Gasteiger partial charge on any atom is 0.232 e. The highest BCUT2D eigenvalue weighted by Crippen LogP contribution is 2.35. The maximum absolute atomic E-state index is 11.2. The van der Waals surface area contributed by atoms with E-state index < -0.39 is 0 Å². The van der Waals surface area contributed by atoms with Gasteiger partial charge in [0.2, 0.25) is 5.91 Å². The minimum Gasteiger partial charge on any atom is -0.335 e. The third-order valence-electron chi connectivity index (χ3n) is 2.56. The lowest BCUT2D eigenvalue weighted by molar-refractivity contribution is -0.151. The number of β-lactam (4-membered cyclic amide) rings is 1. The van der Waals surface area contributed by atoms with Crippen molar-refractivity contribution in [2.75, 3.05) is 6.54 Å². The molecule has 0 spiro atoms. The van der Waals surface area contributed by atoms with Gasteiger partial charge < -0.3 is 4.90 Å². The van der Waals surface area contributed by atoms with E-state index in [2.05, 4.69) is 13.0 Å². The van der Waals surface area contributed by atoms with Crippen LogP contribution in [-0.4, -0.2) is 23.4 Å². The Morgan fingerprint density at radius 2 is 2.36 bits per heavy atom. The fourth-order valence-corrected chi connectivity index (χ4v) is 1.69. The Morgan fingerprint density at radius 3 is 2.82 bits per heavy atom. The van der Waals surface area contributed by atoms with Crippen molar-refractivity contribution in [2.45, 2.75) is 25.8 Å². The molecule has 0 aromatic carbocycles. The first-order valence-electron chi connectivity index (χ1n) is 4.33. The average Bonchev–Trinajstić information content (AvgIpc) is 1.95. The van der Waals surface area contributed by atoms with Gasteiger partial charge in [0.25, 0.3) is 0 Å². The molecule has 1 aliphatic carbocycles. The highest BCUT2D eigenvalue weighted by atomic mass is 16.2. The fourth-order valence-electron chi connectivity index (χ4n) is 1.69. The first-order chi connectivity index (χ1) is 5.34. The van der Waals surface area contributed by atoms with Gasteiger partial charge in [-0.05, 0) is 6.42 Å². The molecule has 2 aliphatic rings. The molecular weight excluding hydrogens is 138 g/mol. The van der Waals surface area contributed by atoms with Crippen LogP contribution in [-0.2, 0) is 4.79 Å². The molecule has 0 aromatic rings. The van der Waals surface area contributed by atoms with Crippen LogP contribution < -0.4 is 0 Å². The summed E-state index contributed by atoms with van der Waals surface area (Å²) in [5.74, 6) is 0.609. The number of hydrogen-bond donors (Lipinski definition) is 0. The molecule has 2 rings (SSSR count). The van der Waals surface area contributed by atoms with E-state index in [0.29, 0.717) is 11.9 Å². The van der Waals surface area contributed by atoms with Crippen LogP contribution in [0.25, 0.3) is 0 Å². The summed E-state index contributed by atoms with van der Waals surface area (Å²) in [5.41, 5.74) is 0. The Labute approximate surface area is 66.9 Å². The van der Waals surface area contributed by atoms with Gasteiger partial charge in [-0.1, -0.05) is 25.5 Å². The van der Waals surface area contributed by atoms with Crippen molar-refractivity contribution >= 4 is 5.91 Å². The fraction of sp³-hybridized carbons (Fsp3) is 0.667. The van der Waals surface area contributed by atoms with Crippen LogP contribution >= 0.6 is 0 Å². The van der Waals surface area contributed by atoms with Crippen molar-refractivity contribution in [3.63, 3.8) is 0 Å². The van der Waals surface area contributed by atoms with E-state index in [1.807, 2.05) is 11.0 Å². The number of fused-ring (bicyclic) bond motifs is 1. The molecule has 2 nitrogen and oxygen atoms in total. The molecule has 60 valence electrons. The van der Waals surface area contributed by atoms with Crippen molar-refractivity contribution in [3.05, 3.63) is 12.2 Å². The van der Waals surface area contributed by atoms with Gasteiger partial charge >= 0.3 is 0 Å². The summed E-state index contributed by atoms with van der Waals surface area (Å²) in [6.45, 7) is 3.11. The lowest BCUT2D eigenvalue weighted by Crippen LogP contribution is -2.63. The predicted octanol–water partition coefficient (Wildman–Crippen LogP) is 1.18. The zero-order chi connectivity index (χ0) is 7.84. The number of hydrogen-bond acceptors (Lipinski definition) is 1. The van der Waals surface area contributed by atoms with Gasteiger partial charge in [-0.2, -0.15) is 0 Å². The molecule has 2 heteroatoms. The summed E-state index contributed by atoms with van der Waals surface area (Å²) >= 11 is 0. The molecule has 0 aromatic heterocycles. The molecule has 0 saturated carbocycles. The largest absolute Gasteiger partial charge is 0.335 e. The van der Waals surface area contributed by atoms with Crippen molar-refractivity contribution in [3.8, 4) is 0 Å². The Morgan fingerprint density at radius 1 is 1.55 bits per heavy atom. The summed E-state index contributed by atoms with van der Waals surface area (Å²) in [7, 11) is 0. The third kappa shape index (κ3) is 0.817. The zero-order valence-corrected chi connectivity index (χ0v) is 6.79. The predicted molar refractivity (Wildman–Crippen MR) is 43.0 cm³/mol. The van der Waals surface area contributed by atoms with Crippen LogP contribution in [0.3, 0.4) is 0 Å². The van der Waals surface area contributed by atoms with E-state index >= 15 is 0 Å². The number of likely N-dealkylation sites (tertiary alicyclic amines) is 1. The molecular formula is C9H13NO. The van der Waals surface area contributed by atoms with E-state index in [-0.39, 0.29) is 5.92 Å². The van der Waals surface area contributed by atoms with Crippen LogP contribution in [0.2, 0.25) is 0 Å². The van der Waals surface area contributed by atoms with E-state index in [4.69, 9.17) is 0 Å². The number of nitrogens with zero attached hydrogens (tertiary/aromatic N) is 1. The van der Waals surface area contributed by atoms with Gasteiger partial charge in [0.1, 0.15) is 0 Å². The number of unbranched alkanes of at least 4 members (excludes halogenated alkanes) is 1. The van der Waals surface area contributed by atoms with Gasteiger partial charge in [0.05, 0.1) is 12.0 Å². The van der Waals surface area contributed by atoms with E-state index in [0.717, 1.165) is 13.0 Å². The van der Waals surface area contributed by atoms with Crippen molar-refractivity contribution in [1.29, 1.82) is 0 Å². The topological polar surface area (TPSA) is 20.3 Å². The Hall–Kier alpha value is -0.790. The lowest BCUT2D eigenvalue weighted by atomic mass is 9.78. The highest BCUT2D eigenvalue weighted by Gasteiger charge is 2.48. The van der Waals surface area contributed by atoms with Crippen LogP contribution in [0.5, 0.6) is 0 Å². The maximum atomic E-state index is 11.2. The SMILES string of the molecule is CCCCN1C(=O)[C@@H]2C=C[C@@H]21. The second-order valence-corrected chi connectivity index (χ2v) is 3.29. The van der Waals surface area contributed by atoms with Gasteiger partial charge in [0, 0.05) is 6.54 Å². The third-order valence-corrected chi connectivity index (χ3v) is 2.56. The van der Waals surface area contributed by atoms with E-state index in [9.17, 15) is 4.79 Å². The first-order valence-corrected chi connectivity index (χ1v) is 4.33. The number of rotatable bonds is 3. The van der Waals surface area contributed by atoms with Crippen molar-refractivity contribution < 1.29 is 4.79 Å². The summed E-state index contributed by atoms with van der Waals surface area (Å²) in [5, 5.41) is 0. The molecule has 0 bridgehead atoms. The molecule has 1 amide bonds. The molecule has 0 unspecified atom stereocenters. The Kier molecular flexibility index (Phi) is 1.48. The average molecular weight is 151 g/mol. The second kappa shape index (κ2) is 2.36. The van der Waals surface area contributed by atoms with E-state index in [1.54, 1.807) is 0 Å². The number of amides is 1. The smallest absolute Gasteiger partial charge is 0.232 e. The first kappa shape index (κ1) is 6.89. The van der Waals surface area contributed by atoms with Crippen molar-refractivity contribution in [1.82, 2.24) is 4.90 Å². The Bertz CT molecular complexity index is 210. The van der Waals surface area contributed by atoms with Gasteiger partial charge in [0.15, 0.2) is 0 Å². The minimum atomic E-state index is 0.270. The Balaban J connectivity index is 1.87. The summed E-state index contributed by atoms with van der Waals surface area (Å²) in [6.07, 6.45) is 6.45. The molecule has 1 fully saturated rings. The highest BCUT2D eigenvalue weighted by molar-refractivity contribution is 5.90. The van der Waals surface area contributed by atoms with Crippen LogP contribution in [0, 0.1) is 5.92 Å². The zero-order valence-electron chi connectivity index (χ0n) is 6.79. The minimum absolute atomic E-state index is 0.270. The summed E-state index contributed by atoms with van der Waals surface area (Å²) in [6, 6.07) is 0.481. The lowest BCUT2D eigenvalue weighted by Gasteiger charge is -2.49. The standard InChI is InChI=1S/C9H13NO/c1-2-3-6-10-8-5-4-7(8)9(10)11/h4-5,7-8H,2-3,6H2,1H3/t7-,8+/m1/s1. The molecule has 2 atom stereocenters. The number of carbonyl (C=O) groups excluding carboxylic acids is 1. The van der Waals surface area contributed by atoms with Gasteiger partial charge in [-0.3, -0.25) is 4.79 Å². The van der Waals surface area contributed by atoms with Crippen LogP contribution in [0.1, 0.15) is 19.8 Å². The van der Waals surface area contributed by atoms with Crippen LogP contribution in [0.4, 0.5) is 0 Å². The normalized spacial score (nSPS) is 32.8. The summed E-state index contributed by atoms with van der Waals surface area (Å²) in [4.78, 5) is 13.2. The second-order valence-electron chi connectivity index (χ2n) is 3.29. The molecule has 0 N–H and O–H groups in total. The molecule has 1 heterocycles. The van der Waals surface area contributed by atoms with Crippen molar-refractivity contribution in [2.24, 2.45) is 5.92 Å². The molecule has 11 heavy (non-hydrogen) atoms. The summed E-state index contributed by atoms with van der Waals surface area (Å²) < 4.78 is 0. The molecule has 0 radical (unpaired) electrons. The van der Waals surface area contributed by atoms with Gasteiger partial charge in [-0.15, -0.1) is 0 Å². The monoisotopic (exact) mass is 151 g/mol. The number of carbonyl (C=O) groups is 1. The van der Waals surface area contributed by atoms with Crippen LogP contribution in [0.15, 0.2) is 12.2 Å². The molecule has 1 aliphatic heterocycles. The quantitative estimate of drug-likeness (QED) is 0.438. The molecule has 1 saturated heterocycles.